The second-order valence-electron chi connectivity index (χ2n) is 5.59. The highest BCUT2D eigenvalue weighted by Gasteiger charge is 2.33. The van der Waals surface area contributed by atoms with E-state index in [4.69, 9.17) is 4.74 Å². The fourth-order valence-electron chi connectivity index (χ4n) is 2.63. The van der Waals surface area contributed by atoms with Crippen molar-refractivity contribution in [3.8, 4) is 11.5 Å². The highest BCUT2D eigenvalue weighted by atomic mass is 19.4. The smallest absolute Gasteiger partial charge is 0.397 e. The van der Waals surface area contributed by atoms with Crippen molar-refractivity contribution in [2.75, 3.05) is 20.2 Å². The number of methoxy groups -OCH3 is 1. The third kappa shape index (κ3) is 5.31. The minimum atomic E-state index is -4.48. The van der Waals surface area contributed by atoms with E-state index in [-0.39, 0.29) is 11.8 Å². The summed E-state index contributed by atoms with van der Waals surface area (Å²) >= 11 is 0. The van der Waals surface area contributed by atoms with Gasteiger partial charge in [0, 0.05) is 25.7 Å². The van der Waals surface area contributed by atoms with Gasteiger partial charge in [0.15, 0.2) is 11.5 Å². The Labute approximate surface area is 132 Å². The molecule has 1 aliphatic rings. The summed E-state index contributed by atoms with van der Waals surface area (Å²) in [5.41, 5.74) is 0.918. The number of halogens is 3. The summed E-state index contributed by atoms with van der Waals surface area (Å²) in [6.45, 7) is 1.75. The third-order valence-corrected chi connectivity index (χ3v) is 3.65. The Kier molecular flexibility index (Phi) is 5.35. The first-order chi connectivity index (χ1) is 10.8. The molecule has 2 rings (SSSR count). The number of carbonyl (C=O) groups excluding carboxylic acids is 1. The fraction of sp³-hybridized carbons (Fsp3) is 0.533. The molecule has 1 amide bonds. The molecule has 23 heavy (non-hydrogen) atoms. The Bertz CT molecular complexity index is 563. The predicted octanol–water partition coefficient (Wildman–Crippen LogP) is 2.04. The number of nitrogens with one attached hydrogen (secondary N) is 1. The van der Waals surface area contributed by atoms with Crippen LogP contribution >= 0.6 is 0 Å². The van der Waals surface area contributed by atoms with Crippen molar-refractivity contribution in [1.82, 2.24) is 10.2 Å². The summed E-state index contributed by atoms with van der Waals surface area (Å²) in [6.07, 6.45) is -5.32. The topological polar surface area (TPSA) is 61.8 Å². The van der Waals surface area contributed by atoms with E-state index in [1.807, 2.05) is 4.90 Å². The van der Waals surface area contributed by atoms with E-state index >= 15 is 0 Å². The Balaban J connectivity index is 1.85. The number of nitrogens with zero attached hydrogens (tertiary/aromatic N) is 1. The number of carbonyl (C=O) groups is 1. The first kappa shape index (κ1) is 17.4. The van der Waals surface area contributed by atoms with Gasteiger partial charge in [0.05, 0.1) is 7.11 Å². The Morgan fingerprint density at radius 3 is 2.87 bits per heavy atom. The molecule has 1 saturated heterocycles. The van der Waals surface area contributed by atoms with Gasteiger partial charge >= 0.3 is 6.18 Å². The van der Waals surface area contributed by atoms with Gasteiger partial charge in [0.25, 0.3) is 0 Å². The lowest BCUT2D eigenvalue weighted by atomic mass is 10.2. The van der Waals surface area contributed by atoms with E-state index in [1.165, 1.54) is 13.2 Å². The van der Waals surface area contributed by atoms with Crippen molar-refractivity contribution >= 4 is 5.91 Å². The van der Waals surface area contributed by atoms with Crippen LogP contribution in [0.2, 0.25) is 0 Å². The largest absolute Gasteiger partial charge is 0.504 e. The fourth-order valence-corrected chi connectivity index (χ4v) is 2.63. The van der Waals surface area contributed by atoms with E-state index in [0.29, 0.717) is 31.8 Å². The van der Waals surface area contributed by atoms with Crippen molar-refractivity contribution < 1.29 is 27.8 Å². The highest BCUT2D eigenvalue weighted by Crippen LogP contribution is 2.27. The molecule has 0 saturated carbocycles. The maximum atomic E-state index is 12.1. The molecule has 1 fully saturated rings. The molecule has 1 heterocycles. The molecular weight excluding hydrogens is 313 g/mol. The molecule has 1 aromatic carbocycles. The predicted molar refractivity (Wildman–Crippen MR) is 77.2 cm³/mol. The summed E-state index contributed by atoms with van der Waals surface area (Å²) in [7, 11) is 1.46. The summed E-state index contributed by atoms with van der Waals surface area (Å²) in [4.78, 5) is 13.3. The van der Waals surface area contributed by atoms with Crippen molar-refractivity contribution in [1.29, 1.82) is 0 Å². The zero-order chi connectivity index (χ0) is 17.0. The molecule has 0 spiro atoms. The normalized spacial score (nSPS) is 18.9. The molecule has 1 aliphatic heterocycles. The van der Waals surface area contributed by atoms with E-state index in [0.717, 1.165) is 5.56 Å². The van der Waals surface area contributed by atoms with E-state index in [2.05, 4.69) is 5.32 Å². The average Bonchev–Trinajstić information content (AvgIpc) is 2.85. The molecule has 8 heteroatoms. The maximum Gasteiger partial charge on any atom is 0.397 e. The zero-order valence-electron chi connectivity index (χ0n) is 12.7. The number of likely N-dealkylation sites (tertiary alicyclic amines) is 1. The van der Waals surface area contributed by atoms with Gasteiger partial charge in [-0.2, -0.15) is 13.2 Å². The van der Waals surface area contributed by atoms with Gasteiger partial charge in [-0.05, 0) is 24.1 Å². The van der Waals surface area contributed by atoms with Crippen molar-refractivity contribution in [2.24, 2.45) is 0 Å². The third-order valence-electron chi connectivity index (χ3n) is 3.65. The summed E-state index contributed by atoms with van der Waals surface area (Å²) < 4.78 is 41.5. The summed E-state index contributed by atoms with van der Waals surface area (Å²) in [5, 5.41) is 12.0. The van der Waals surface area contributed by atoms with E-state index in [1.54, 1.807) is 12.1 Å². The van der Waals surface area contributed by atoms with E-state index in [9.17, 15) is 23.1 Å². The molecule has 0 bridgehead atoms. The molecule has 1 aromatic rings. The van der Waals surface area contributed by atoms with Crippen LogP contribution in [0.15, 0.2) is 18.2 Å². The van der Waals surface area contributed by atoms with Crippen LogP contribution in [0.1, 0.15) is 18.4 Å². The second kappa shape index (κ2) is 7.08. The zero-order valence-corrected chi connectivity index (χ0v) is 12.7. The van der Waals surface area contributed by atoms with Crippen LogP contribution in [-0.2, 0) is 11.3 Å². The van der Waals surface area contributed by atoms with Crippen LogP contribution < -0.4 is 10.1 Å². The second-order valence-corrected chi connectivity index (χ2v) is 5.59. The SMILES string of the molecule is COc1cc(CN2CC[C@H](NC(=O)CC(F)(F)F)C2)ccc1O. The Hall–Kier alpha value is -1.96. The van der Waals surface area contributed by atoms with Gasteiger partial charge in [-0.3, -0.25) is 9.69 Å². The van der Waals surface area contributed by atoms with Crippen LogP contribution in [0.4, 0.5) is 13.2 Å². The van der Waals surface area contributed by atoms with Gasteiger partial charge in [0.2, 0.25) is 5.91 Å². The Morgan fingerprint density at radius 2 is 2.22 bits per heavy atom. The van der Waals surface area contributed by atoms with Crippen LogP contribution in [0.25, 0.3) is 0 Å². The van der Waals surface area contributed by atoms with Crippen LogP contribution in [0, 0.1) is 0 Å². The van der Waals surface area contributed by atoms with Gasteiger partial charge in [0.1, 0.15) is 6.42 Å². The number of phenolic OH excluding ortho intramolecular Hbond substituents is 1. The van der Waals surface area contributed by atoms with Gasteiger partial charge in [-0.1, -0.05) is 6.07 Å². The maximum absolute atomic E-state index is 12.1. The number of benzene rings is 1. The molecule has 128 valence electrons. The molecule has 1 atom stereocenters. The van der Waals surface area contributed by atoms with Crippen LogP contribution in [-0.4, -0.2) is 48.3 Å². The van der Waals surface area contributed by atoms with Gasteiger partial charge in [-0.15, -0.1) is 0 Å². The number of rotatable bonds is 5. The molecular formula is C15H19F3N2O3. The lowest BCUT2D eigenvalue weighted by Crippen LogP contribution is -2.38. The first-order valence-corrected chi connectivity index (χ1v) is 7.21. The van der Waals surface area contributed by atoms with Crippen LogP contribution in [0.5, 0.6) is 11.5 Å². The number of hydrogen-bond acceptors (Lipinski definition) is 4. The summed E-state index contributed by atoms with van der Waals surface area (Å²) in [6, 6.07) is 4.73. The lowest BCUT2D eigenvalue weighted by Gasteiger charge is -2.17. The highest BCUT2D eigenvalue weighted by molar-refractivity contribution is 5.76. The molecule has 0 aromatic heterocycles. The quantitative estimate of drug-likeness (QED) is 0.866. The Morgan fingerprint density at radius 1 is 1.48 bits per heavy atom. The summed E-state index contributed by atoms with van der Waals surface area (Å²) in [5.74, 6) is -0.567. The number of amides is 1. The van der Waals surface area contributed by atoms with Crippen molar-refractivity contribution in [2.45, 2.75) is 31.6 Å². The van der Waals surface area contributed by atoms with Crippen molar-refractivity contribution in [3.63, 3.8) is 0 Å². The standard InChI is InChI=1S/C15H19F3N2O3/c1-23-13-6-10(2-3-12(13)21)8-20-5-4-11(9-20)19-14(22)7-15(16,17)18/h2-3,6,11,21H,4-5,7-9H2,1H3,(H,19,22)/t11-/m0/s1. The molecule has 5 nitrogen and oxygen atoms in total. The number of ether oxygens (including phenoxy) is 1. The number of alkyl halides is 3. The lowest BCUT2D eigenvalue weighted by molar-refractivity contribution is -0.154. The monoisotopic (exact) mass is 332 g/mol. The molecule has 0 aliphatic carbocycles. The first-order valence-electron chi connectivity index (χ1n) is 7.21. The molecule has 0 radical (unpaired) electrons. The van der Waals surface area contributed by atoms with Crippen molar-refractivity contribution in [3.05, 3.63) is 23.8 Å². The molecule has 0 unspecified atom stereocenters. The van der Waals surface area contributed by atoms with E-state index < -0.39 is 18.5 Å². The number of phenols is 1. The average molecular weight is 332 g/mol. The minimum Gasteiger partial charge on any atom is -0.504 e. The van der Waals surface area contributed by atoms with Gasteiger partial charge in [-0.25, -0.2) is 0 Å². The van der Waals surface area contributed by atoms with Crippen LogP contribution in [0.3, 0.4) is 0 Å². The van der Waals surface area contributed by atoms with Gasteiger partial charge < -0.3 is 15.2 Å². The number of hydrogen-bond donors (Lipinski definition) is 2. The molecule has 2 N–H and O–H groups in total. The number of aromatic hydroxyl groups is 1. The minimum absolute atomic E-state index is 0.0509.